The molecule has 0 radical (unpaired) electrons. The van der Waals surface area contributed by atoms with Gasteiger partial charge in [-0.2, -0.15) is 23.4 Å². The van der Waals surface area contributed by atoms with E-state index >= 15 is 0 Å². The molecule has 7 nitrogen and oxygen atoms in total. The molecule has 2 heterocycles. The van der Waals surface area contributed by atoms with Crippen LogP contribution in [0.2, 0.25) is 0 Å². The normalized spacial score (nSPS) is 11.8. The Morgan fingerprint density at radius 3 is 2.60 bits per heavy atom. The second-order valence-corrected chi connectivity index (χ2v) is 5.61. The lowest BCUT2D eigenvalue weighted by atomic mass is 10.2. The summed E-state index contributed by atoms with van der Waals surface area (Å²) in [6.07, 6.45) is -3.63. The van der Waals surface area contributed by atoms with Gasteiger partial charge in [0.25, 0.3) is 5.91 Å². The number of carbonyl (C=O) groups excluding carboxylic acids is 1. The number of amides is 1. The molecule has 0 fully saturated rings. The number of alkyl halides is 3. The molecule has 0 unspecified atom stereocenters. The third-order valence-electron chi connectivity index (χ3n) is 3.81. The quantitative estimate of drug-likeness (QED) is 0.854. The molecule has 0 aliphatic heterocycles. The van der Waals surface area contributed by atoms with Crippen molar-refractivity contribution >= 4 is 5.91 Å². The SMILES string of the molecule is COCCn1nc(C)c(CNC(=O)c2cn(C)nc2C(F)(F)F)c1C. The van der Waals surface area contributed by atoms with E-state index < -0.39 is 23.3 Å². The van der Waals surface area contributed by atoms with E-state index in [1.807, 2.05) is 6.92 Å². The number of hydrogen-bond acceptors (Lipinski definition) is 4. The lowest BCUT2D eigenvalue weighted by molar-refractivity contribution is -0.141. The molecular formula is C15H20F3N5O2. The summed E-state index contributed by atoms with van der Waals surface area (Å²) in [4.78, 5) is 12.2. The zero-order chi connectivity index (χ0) is 18.8. The van der Waals surface area contributed by atoms with Gasteiger partial charge in [-0.1, -0.05) is 0 Å². The van der Waals surface area contributed by atoms with Gasteiger partial charge in [0.05, 0.1) is 24.4 Å². The summed E-state index contributed by atoms with van der Waals surface area (Å²) >= 11 is 0. The van der Waals surface area contributed by atoms with Crippen molar-refractivity contribution in [3.05, 3.63) is 34.4 Å². The van der Waals surface area contributed by atoms with Crippen LogP contribution in [0.3, 0.4) is 0 Å². The third-order valence-corrected chi connectivity index (χ3v) is 3.81. The molecule has 0 aliphatic rings. The van der Waals surface area contributed by atoms with E-state index in [0.29, 0.717) is 18.8 Å². The number of methoxy groups -OCH3 is 1. The standard InChI is InChI=1S/C15H20F3N5O2/c1-9-11(10(2)23(20-9)5-6-25-4)7-19-14(24)12-8-22(3)21-13(12)15(16,17)18/h8H,5-7H2,1-4H3,(H,19,24). The first-order valence-corrected chi connectivity index (χ1v) is 7.56. The molecule has 0 spiro atoms. The summed E-state index contributed by atoms with van der Waals surface area (Å²) in [7, 11) is 2.92. The maximum Gasteiger partial charge on any atom is 0.435 e. The lowest BCUT2D eigenvalue weighted by Gasteiger charge is -2.08. The molecule has 2 aromatic heterocycles. The molecule has 0 atom stereocenters. The van der Waals surface area contributed by atoms with E-state index in [0.717, 1.165) is 22.1 Å². The lowest BCUT2D eigenvalue weighted by Crippen LogP contribution is -2.25. The zero-order valence-corrected chi connectivity index (χ0v) is 14.4. The van der Waals surface area contributed by atoms with Crippen molar-refractivity contribution < 1.29 is 22.7 Å². The number of halogens is 3. The van der Waals surface area contributed by atoms with Gasteiger partial charge in [0, 0.05) is 38.2 Å². The van der Waals surface area contributed by atoms with Crippen LogP contribution in [0.15, 0.2) is 6.20 Å². The summed E-state index contributed by atoms with van der Waals surface area (Å²) < 4.78 is 46.6. The summed E-state index contributed by atoms with van der Waals surface area (Å²) in [5, 5.41) is 10.2. The summed E-state index contributed by atoms with van der Waals surface area (Å²) in [5.74, 6) is -0.830. The second-order valence-electron chi connectivity index (χ2n) is 5.61. The number of nitrogens with one attached hydrogen (secondary N) is 1. The number of rotatable bonds is 6. The van der Waals surface area contributed by atoms with Crippen LogP contribution in [0.5, 0.6) is 0 Å². The van der Waals surface area contributed by atoms with E-state index in [9.17, 15) is 18.0 Å². The minimum atomic E-state index is -4.69. The van der Waals surface area contributed by atoms with Gasteiger partial charge in [-0.25, -0.2) is 0 Å². The van der Waals surface area contributed by atoms with Crippen molar-refractivity contribution in [1.82, 2.24) is 24.9 Å². The van der Waals surface area contributed by atoms with Crippen molar-refractivity contribution in [1.29, 1.82) is 0 Å². The summed E-state index contributed by atoms with van der Waals surface area (Å²) in [5.41, 5.74) is 0.601. The number of ether oxygens (including phenoxy) is 1. The number of aryl methyl sites for hydroxylation is 2. The molecule has 0 saturated carbocycles. The van der Waals surface area contributed by atoms with E-state index in [1.165, 1.54) is 7.05 Å². The highest BCUT2D eigenvalue weighted by molar-refractivity contribution is 5.95. The van der Waals surface area contributed by atoms with Crippen molar-refractivity contribution in [2.75, 3.05) is 13.7 Å². The number of aromatic nitrogens is 4. The molecule has 10 heteroatoms. The van der Waals surface area contributed by atoms with Crippen LogP contribution in [0.25, 0.3) is 0 Å². The fraction of sp³-hybridized carbons (Fsp3) is 0.533. The Hall–Kier alpha value is -2.36. The van der Waals surface area contributed by atoms with Gasteiger partial charge < -0.3 is 10.1 Å². The Bertz CT molecular complexity index is 764. The third kappa shape index (κ3) is 4.19. The molecule has 2 rings (SSSR count). The highest BCUT2D eigenvalue weighted by Gasteiger charge is 2.38. The van der Waals surface area contributed by atoms with Crippen LogP contribution >= 0.6 is 0 Å². The van der Waals surface area contributed by atoms with Crippen molar-refractivity contribution in [3.8, 4) is 0 Å². The van der Waals surface area contributed by atoms with Crippen molar-refractivity contribution in [2.24, 2.45) is 7.05 Å². The van der Waals surface area contributed by atoms with Gasteiger partial charge in [-0.15, -0.1) is 0 Å². The van der Waals surface area contributed by atoms with Crippen LogP contribution in [0, 0.1) is 13.8 Å². The fourth-order valence-corrected chi connectivity index (χ4v) is 2.51. The zero-order valence-electron chi connectivity index (χ0n) is 14.4. The molecule has 2 aromatic rings. The first-order valence-electron chi connectivity index (χ1n) is 7.56. The molecule has 25 heavy (non-hydrogen) atoms. The van der Waals surface area contributed by atoms with Gasteiger partial charge in [-0.05, 0) is 13.8 Å². The van der Waals surface area contributed by atoms with Crippen molar-refractivity contribution in [2.45, 2.75) is 33.1 Å². The van der Waals surface area contributed by atoms with Crippen LogP contribution in [0.1, 0.15) is 33.0 Å². The van der Waals surface area contributed by atoms with Gasteiger partial charge in [0.1, 0.15) is 0 Å². The molecular weight excluding hydrogens is 339 g/mol. The van der Waals surface area contributed by atoms with E-state index in [2.05, 4.69) is 15.5 Å². The second kappa shape index (κ2) is 7.26. The summed E-state index contributed by atoms with van der Waals surface area (Å²) in [6.45, 7) is 4.73. The van der Waals surface area contributed by atoms with Crippen molar-refractivity contribution in [3.63, 3.8) is 0 Å². The number of hydrogen-bond donors (Lipinski definition) is 1. The van der Waals surface area contributed by atoms with Gasteiger partial charge >= 0.3 is 6.18 Å². The number of carbonyl (C=O) groups is 1. The fourth-order valence-electron chi connectivity index (χ4n) is 2.51. The first-order chi connectivity index (χ1) is 11.6. The van der Waals surface area contributed by atoms with E-state index in [1.54, 1.807) is 18.7 Å². The van der Waals surface area contributed by atoms with Gasteiger partial charge in [-0.3, -0.25) is 14.2 Å². The van der Waals surface area contributed by atoms with Crippen LogP contribution in [-0.2, 0) is 31.1 Å². The Morgan fingerprint density at radius 1 is 1.32 bits per heavy atom. The minimum absolute atomic E-state index is 0.0790. The Balaban J connectivity index is 2.15. The maximum atomic E-state index is 13.0. The van der Waals surface area contributed by atoms with E-state index in [4.69, 9.17) is 4.74 Å². The van der Waals surface area contributed by atoms with Gasteiger partial charge in [0.15, 0.2) is 5.69 Å². The largest absolute Gasteiger partial charge is 0.435 e. The van der Waals surface area contributed by atoms with Crippen LogP contribution in [-0.4, -0.2) is 39.2 Å². The topological polar surface area (TPSA) is 74.0 Å². The molecule has 0 bridgehead atoms. The monoisotopic (exact) mass is 359 g/mol. The molecule has 1 N–H and O–H groups in total. The van der Waals surface area contributed by atoms with Crippen LogP contribution < -0.4 is 5.32 Å². The predicted octanol–water partition coefficient (Wildman–Crippen LogP) is 1.83. The highest BCUT2D eigenvalue weighted by Crippen LogP contribution is 2.30. The molecule has 0 aromatic carbocycles. The Kier molecular flexibility index (Phi) is 5.51. The Morgan fingerprint density at radius 2 is 2.00 bits per heavy atom. The molecule has 1 amide bonds. The minimum Gasteiger partial charge on any atom is -0.383 e. The predicted molar refractivity (Wildman–Crippen MR) is 83.0 cm³/mol. The van der Waals surface area contributed by atoms with E-state index in [-0.39, 0.29) is 6.54 Å². The first kappa shape index (κ1) is 19.0. The highest BCUT2D eigenvalue weighted by atomic mass is 19.4. The molecule has 138 valence electrons. The molecule has 0 aliphatic carbocycles. The van der Waals surface area contributed by atoms with Gasteiger partial charge in [0.2, 0.25) is 0 Å². The smallest absolute Gasteiger partial charge is 0.383 e. The molecule has 0 saturated heterocycles. The van der Waals surface area contributed by atoms with Crippen LogP contribution in [0.4, 0.5) is 13.2 Å². The number of nitrogens with zero attached hydrogens (tertiary/aromatic N) is 4. The summed E-state index contributed by atoms with van der Waals surface area (Å²) in [6, 6.07) is 0. The Labute approximate surface area is 142 Å². The average Bonchev–Trinajstić information content (AvgIpc) is 3.04. The maximum absolute atomic E-state index is 13.0. The average molecular weight is 359 g/mol.